The van der Waals surface area contributed by atoms with Crippen molar-refractivity contribution in [1.82, 2.24) is 0 Å². The summed E-state index contributed by atoms with van der Waals surface area (Å²) in [6.45, 7) is 11.1. The van der Waals surface area contributed by atoms with Crippen LogP contribution in [0.1, 0.15) is 20.3 Å². The van der Waals surface area contributed by atoms with E-state index in [4.69, 9.17) is 9.47 Å². The van der Waals surface area contributed by atoms with Crippen molar-refractivity contribution in [2.45, 2.75) is 45.5 Å². The highest BCUT2D eigenvalue weighted by molar-refractivity contribution is 6.83. The Morgan fingerprint density at radius 2 is 1.79 bits per heavy atom. The maximum Gasteiger partial charge on any atom is 0.147 e. The fraction of sp³-hybridized carbons (Fsp3) is 0.818. The van der Waals surface area contributed by atoms with Crippen LogP contribution in [0.25, 0.3) is 0 Å². The highest BCUT2D eigenvalue weighted by Crippen LogP contribution is 2.13. The first kappa shape index (κ1) is 13.7. The van der Waals surface area contributed by atoms with E-state index in [0.717, 1.165) is 6.42 Å². The standard InChI is InChI=1S/C11H22O2Si/c1-11(2,13-10-12-3)8-7-9-14(4,5)6/h8,10H2,1-6H3. The summed E-state index contributed by atoms with van der Waals surface area (Å²) in [5, 5.41) is 0. The van der Waals surface area contributed by atoms with Crippen molar-refractivity contribution in [3.8, 4) is 11.5 Å². The molecule has 0 radical (unpaired) electrons. The highest BCUT2D eigenvalue weighted by Gasteiger charge is 2.17. The van der Waals surface area contributed by atoms with Crippen LogP contribution in [0.5, 0.6) is 0 Å². The number of rotatable bonds is 4. The van der Waals surface area contributed by atoms with E-state index in [0.29, 0.717) is 6.79 Å². The lowest BCUT2D eigenvalue weighted by atomic mass is 10.1. The second kappa shape index (κ2) is 5.55. The summed E-state index contributed by atoms with van der Waals surface area (Å²) in [7, 11) is 0.393. The van der Waals surface area contributed by atoms with E-state index in [9.17, 15) is 0 Å². The molecule has 0 bridgehead atoms. The van der Waals surface area contributed by atoms with Gasteiger partial charge in [-0.1, -0.05) is 19.6 Å². The Bertz CT molecular complexity index is 218. The van der Waals surface area contributed by atoms with Gasteiger partial charge in [0.15, 0.2) is 0 Å². The first-order valence-electron chi connectivity index (χ1n) is 4.90. The lowest BCUT2D eigenvalue weighted by molar-refractivity contribution is -0.111. The van der Waals surface area contributed by atoms with Crippen molar-refractivity contribution in [2.75, 3.05) is 13.9 Å². The lowest BCUT2D eigenvalue weighted by Crippen LogP contribution is -2.25. The topological polar surface area (TPSA) is 18.5 Å². The molecule has 3 heteroatoms. The van der Waals surface area contributed by atoms with Gasteiger partial charge in [-0.15, -0.1) is 11.5 Å². The third-order valence-electron chi connectivity index (χ3n) is 1.55. The fourth-order valence-electron chi connectivity index (χ4n) is 0.792. The Morgan fingerprint density at radius 3 is 2.21 bits per heavy atom. The molecule has 2 nitrogen and oxygen atoms in total. The van der Waals surface area contributed by atoms with Crippen LogP contribution in [-0.2, 0) is 9.47 Å². The summed E-state index contributed by atoms with van der Waals surface area (Å²) in [4.78, 5) is 0. The van der Waals surface area contributed by atoms with Crippen molar-refractivity contribution in [2.24, 2.45) is 0 Å². The van der Waals surface area contributed by atoms with Crippen molar-refractivity contribution < 1.29 is 9.47 Å². The fourth-order valence-corrected chi connectivity index (χ4v) is 1.41. The van der Waals surface area contributed by atoms with Crippen molar-refractivity contribution in [1.29, 1.82) is 0 Å². The number of ether oxygens (including phenoxy) is 2. The van der Waals surface area contributed by atoms with E-state index in [1.165, 1.54) is 0 Å². The van der Waals surface area contributed by atoms with Gasteiger partial charge in [-0.3, -0.25) is 0 Å². The molecule has 0 heterocycles. The summed E-state index contributed by atoms with van der Waals surface area (Å²) in [5.41, 5.74) is 3.12. The number of hydrogen-bond acceptors (Lipinski definition) is 2. The zero-order valence-electron chi connectivity index (χ0n) is 10.2. The van der Waals surface area contributed by atoms with Gasteiger partial charge in [-0.05, 0) is 13.8 Å². The molecule has 82 valence electrons. The average Bonchev–Trinajstić information content (AvgIpc) is 1.98. The summed E-state index contributed by atoms with van der Waals surface area (Å²) in [5.74, 6) is 3.21. The molecule has 0 saturated heterocycles. The molecule has 0 rings (SSSR count). The first-order valence-corrected chi connectivity index (χ1v) is 8.40. The van der Waals surface area contributed by atoms with Gasteiger partial charge in [0.1, 0.15) is 14.9 Å². The molecule has 0 unspecified atom stereocenters. The van der Waals surface area contributed by atoms with E-state index in [1.54, 1.807) is 7.11 Å². The zero-order chi connectivity index (χ0) is 11.2. The predicted molar refractivity (Wildman–Crippen MR) is 62.8 cm³/mol. The van der Waals surface area contributed by atoms with Gasteiger partial charge in [0.25, 0.3) is 0 Å². The van der Waals surface area contributed by atoms with Gasteiger partial charge in [0, 0.05) is 13.5 Å². The smallest absolute Gasteiger partial charge is 0.147 e. The zero-order valence-corrected chi connectivity index (χ0v) is 11.2. The molecule has 0 aromatic heterocycles. The monoisotopic (exact) mass is 214 g/mol. The van der Waals surface area contributed by atoms with Gasteiger partial charge in [-0.2, -0.15) is 0 Å². The van der Waals surface area contributed by atoms with Crippen LogP contribution in [0.2, 0.25) is 19.6 Å². The van der Waals surface area contributed by atoms with Gasteiger partial charge < -0.3 is 9.47 Å². The molecule has 0 aromatic carbocycles. The molecule has 0 aliphatic rings. The molecule has 0 spiro atoms. The molecular weight excluding hydrogens is 192 g/mol. The maximum atomic E-state index is 5.48. The minimum absolute atomic E-state index is 0.206. The van der Waals surface area contributed by atoms with Gasteiger partial charge in [0.2, 0.25) is 0 Å². The summed E-state index contributed by atoms with van der Waals surface area (Å²) >= 11 is 0. The average molecular weight is 214 g/mol. The summed E-state index contributed by atoms with van der Waals surface area (Å²) in [6.07, 6.45) is 0.765. The Labute approximate surface area is 89.0 Å². The van der Waals surface area contributed by atoms with E-state index in [-0.39, 0.29) is 5.60 Å². The van der Waals surface area contributed by atoms with Crippen molar-refractivity contribution >= 4 is 8.07 Å². The second-order valence-corrected chi connectivity index (χ2v) is 9.79. The SMILES string of the molecule is COCOC(C)(C)CC#C[Si](C)(C)C. The second-order valence-electron chi connectivity index (χ2n) is 5.04. The van der Waals surface area contributed by atoms with E-state index < -0.39 is 8.07 Å². The van der Waals surface area contributed by atoms with Gasteiger partial charge in [-0.25, -0.2) is 0 Å². The molecule has 0 aliphatic heterocycles. The molecule has 0 aliphatic carbocycles. The maximum absolute atomic E-state index is 5.48. The summed E-state index contributed by atoms with van der Waals surface area (Å²) in [6, 6.07) is 0. The van der Waals surface area contributed by atoms with Crippen LogP contribution in [0.3, 0.4) is 0 Å². The minimum atomic E-state index is -1.24. The van der Waals surface area contributed by atoms with Gasteiger partial charge >= 0.3 is 0 Å². The molecule has 0 N–H and O–H groups in total. The normalized spacial score (nSPS) is 12.1. The number of methoxy groups -OCH3 is 1. The van der Waals surface area contributed by atoms with E-state index in [1.807, 2.05) is 13.8 Å². The Kier molecular flexibility index (Phi) is 5.43. The molecule has 0 atom stereocenters. The van der Waals surface area contributed by atoms with Crippen LogP contribution >= 0.6 is 0 Å². The Hall–Kier alpha value is -0.303. The van der Waals surface area contributed by atoms with Crippen LogP contribution in [0.4, 0.5) is 0 Å². The molecule has 0 aromatic rings. The molecule has 0 saturated carbocycles. The van der Waals surface area contributed by atoms with Crippen LogP contribution in [-0.4, -0.2) is 27.6 Å². The van der Waals surface area contributed by atoms with Crippen LogP contribution in [0.15, 0.2) is 0 Å². The Morgan fingerprint density at radius 1 is 1.21 bits per heavy atom. The predicted octanol–water partition coefficient (Wildman–Crippen LogP) is 2.66. The largest absolute Gasteiger partial charge is 0.359 e. The minimum Gasteiger partial charge on any atom is -0.359 e. The van der Waals surface area contributed by atoms with E-state index >= 15 is 0 Å². The summed E-state index contributed by atoms with van der Waals surface area (Å²) < 4.78 is 10.3. The first-order chi connectivity index (χ1) is 6.27. The quantitative estimate of drug-likeness (QED) is 0.407. The third kappa shape index (κ3) is 8.30. The van der Waals surface area contributed by atoms with E-state index in [2.05, 4.69) is 31.1 Å². The third-order valence-corrected chi connectivity index (χ3v) is 2.47. The van der Waals surface area contributed by atoms with Crippen molar-refractivity contribution in [3.05, 3.63) is 0 Å². The Balaban J connectivity index is 4.02. The van der Waals surface area contributed by atoms with Crippen molar-refractivity contribution in [3.63, 3.8) is 0 Å². The lowest BCUT2D eigenvalue weighted by Gasteiger charge is -2.22. The molecule has 0 amide bonds. The number of hydrogen-bond donors (Lipinski definition) is 0. The van der Waals surface area contributed by atoms with Crippen LogP contribution < -0.4 is 0 Å². The van der Waals surface area contributed by atoms with Crippen LogP contribution in [0, 0.1) is 11.5 Å². The van der Waals surface area contributed by atoms with Gasteiger partial charge in [0.05, 0.1) is 5.60 Å². The molecular formula is C11H22O2Si. The molecule has 0 fully saturated rings. The molecule has 14 heavy (non-hydrogen) atoms. The highest BCUT2D eigenvalue weighted by atomic mass is 28.3.